The number of hydrogen-bond acceptors (Lipinski definition) is 4. The Balaban J connectivity index is 0.00000288. The minimum Gasteiger partial charge on any atom is -0.351 e. The van der Waals surface area contributed by atoms with Crippen molar-refractivity contribution in [2.24, 2.45) is 5.92 Å². The normalized spacial score (nSPS) is 14.8. The van der Waals surface area contributed by atoms with Gasteiger partial charge in [0.05, 0.1) is 0 Å². The van der Waals surface area contributed by atoms with Crippen LogP contribution in [0.4, 0.5) is 5.69 Å². The first-order valence-corrected chi connectivity index (χ1v) is 8.18. The summed E-state index contributed by atoms with van der Waals surface area (Å²) in [5.41, 5.74) is 1.31. The lowest BCUT2D eigenvalue weighted by Crippen LogP contribution is -2.46. The van der Waals surface area contributed by atoms with Crippen molar-refractivity contribution in [1.82, 2.24) is 15.5 Å². The van der Waals surface area contributed by atoms with E-state index >= 15 is 0 Å². The maximum atomic E-state index is 12.1. The molecule has 1 fully saturated rings. The van der Waals surface area contributed by atoms with Crippen LogP contribution in [0.3, 0.4) is 0 Å². The molecule has 24 heavy (non-hydrogen) atoms. The molecule has 3 N–H and O–H groups in total. The third-order valence-electron chi connectivity index (χ3n) is 3.86. The summed E-state index contributed by atoms with van der Waals surface area (Å²) in [5, 5.41) is 9.05. The molecule has 134 valence electrons. The van der Waals surface area contributed by atoms with E-state index in [2.05, 4.69) is 20.9 Å². The number of amides is 2. The highest BCUT2D eigenvalue weighted by atomic mass is 35.5. The Hall–Kier alpha value is -1.63. The van der Waals surface area contributed by atoms with E-state index in [0.29, 0.717) is 17.8 Å². The summed E-state index contributed by atoms with van der Waals surface area (Å²) in [6, 6.07) is 6.98. The van der Waals surface area contributed by atoms with Crippen LogP contribution in [0, 0.1) is 5.92 Å². The van der Waals surface area contributed by atoms with Gasteiger partial charge in [0.15, 0.2) is 0 Å². The van der Waals surface area contributed by atoms with Crippen LogP contribution in [0.1, 0.15) is 24.2 Å². The number of halogens is 1. The molecule has 0 atom stereocenters. The highest BCUT2D eigenvalue weighted by molar-refractivity contribution is 5.96. The Kier molecular flexibility index (Phi) is 8.74. The molecule has 0 unspecified atom stereocenters. The Morgan fingerprint density at radius 3 is 2.38 bits per heavy atom. The van der Waals surface area contributed by atoms with Gasteiger partial charge in [-0.1, -0.05) is 13.8 Å². The van der Waals surface area contributed by atoms with Gasteiger partial charge in [-0.15, -0.1) is 12.4 Å². The van der Waals surface area contributed by atoms with E-state index in [4.69, 9.17) is 0 Å². The van der Waals surface area contributed by atoms with E-state index in [-0.39, 0.29) is 30.1 Å². The van der Waals surface area contributed by atoms with Gasteiger partial charge in [0.25, 0.3) is 5.91 Å². The monoisotopic (exact) mass is 354 g/mol. The molecule has 1 aliphatic heterocycles. The largest absolute Gasteiger partial charge is 0.351 e. The van der Waals surface area contributed by atoms with Crippen LogP contribution in [-0.4, -0.2) is 56.0 Å². The smallest absolute Gasteiger partial charge is 0.251 e. The van der Waals surface area contributed by atoms with E-state index < -0.39 is 0 Å². The van der Waals surface area contributed by atoms with Gasteiger partial charge in [-0.25, -0.2) is 0 Å². The molecule has 0 spiro atoms. The third-order valence-corrected chi connectivity index (χ3v) is 3.86. The minimum absolute atomic E-state index is 0. The lowest BCUT2D eigenvalue weighted by molar-refractivity contribution is -0.118. The van der Waals surface area contributed by atoms with Gasteiger partial charge >= 0.3 is 0 Å². The van der Waals surface area contributed by atoms with Gasteiger partial charge in [0, 0.05) is 56.4 Å². The summed E-state index contributed by atoms with van der Waals surface area (Å²) in [7, 11) is 0. The number of piperazine rings is 1. The lowest BCUT2D eigenvalue weighted by atomic mass is 10.1. The molecule has 7 heteroatoms. The van der Waals surface area contributed by atoms with E-state index in [0.717, 1.165) is 32.7 Å². The van der Waals surface area contributed by atoms with Crippen LogP contribution in [0.25, 0.3) is 0 Å². The Labute approximate surface area is 149 Å². The Bertz CT molecular complexity index is 528. The molecule has 0 radical (unpaired) electrons. The highest BCUT2D eigenvalue weighted by Crippen LogP contribution is 2.11. The number of anilines is 1. The van der Waals surface area contributed by atoms with Crippen LogP contribution in [-0.2, 0) is 4.79 Å². The second kappa shape index (κ2) is 10.3. The second-order valence-electron chi connectivity index (χ2n) is 6.07. The first kappa shape index (κ1) is 20.4. The first-order chi connectivity index (χ1) is 11.1. The van der Waals surface area contributed by atoms with E-state index in [1.54, 1.807) is 24.3 Å². The zero-order chi connectivity index (χ0) is 16.7. The summed E-state index contributed by atoms with van der Waals surface area (Å²) in [4.78, 5) is 26.1. The summed E-state index contributed by atoms with van der Waals surface area (Å²) in [5.74, 6) is -0.178. The summed E-state index contributed by atoms with van der Waals surface area (Å²) in [6.45, 7) is 9.28. The molecule has 1 heterocycles. The predicted molar refractivity (Wildman–Crippen MR) is 98.8 cm³/mol. The fraction of sp³-hybridized carbons (Fsp3) is 0.529. The van der Waals surface area contributed by atoms with Crippen molar-refractivity contribution in [3.8, 4) is 0 Å². The van der Waals surface area contributed by atoms with Gasteiger partial charge in [-0.05, 0) is 24.3 Å². The molecule has 0 saturated carbocycles. The maximum absolute atomic E-state index is 12.1. The van der Waals surface area contributed by atoms with Crippen molar-refractivity contribution in [3.05, 3.63) is 29.8 Å². The highest BCUT2D eigenvalue weighted by Gasteiger charge is 2.11. The SMILES string of the molecule is CC(C)C(=O)Nc1ccc(C(=O)NCCN2CCNCC2)cc1.Cl. The van der Waals surface area contributed by atoms with Crippen LogP contribution in [0.2, 0.25) is 0 Å². The fourth-order valence-corrected chi connectivity index (χ4v) is 2.36. The Morgan fingerprint density at radius 2 is 1.79 bits per heavy atom. The number of carbonyl (C=O) groups excluding carboxylic acids is 2. The van der Waals surface area contributed by atoms with Gasteiger partial charge in [0.2, 0.25) is 5.91 Å². The first-order valence-electron chi connectivity index (χ1n) is 8.18. The quantitative estimate of drug-likeness (QED) is 0.720. The molecular weight excluding hydrogens is 328 g/mol. The zero-order valence-corrected chi connectivity index (χ0v) is 15.1. The number of rotatable bonds is 6. The molecule has 1 aromatic rings. The molecule has 0 aromatic heterocycles. The molecule has 2 amide bonds. The van der Waals surface area contributed by atoms with Crippen molar-refractivity contribution in [3.63, 3.8) is 0 Å². The van der Waals surface area contributed by atoms with Crippen LogP contribution in [0.15, 0.2) is 24.3 Å². The van der Waals surface area contributed by atoms with Gasteiger partial charge in [0.1, 0.15) is 0 Å². The van der Waals surface area contributed by atoms with Crippen LogP contribution < -0.4 is 16.0 Å². The number of nitrogens with zero attached hydrogens (tertiary/aromatic N) is 1. The number of hydrogen-bond donors (Lipinski definition) is 3. The van der Waals surface area contributed by atoms with Gasteiger partial charge < -0.3 is 16.0 Å². The van der Waals surface area contributed by atoms with E-state index in [1.165, 1.54) is 0 Å². The molecule has 2 rings (SSSR count). The molecule has 1 aromatic carbocycles. The molecule has 1 saturated heterocycles. The Morgan fingerprint density at radius 1 is 1.17 bits per heavy atom. The van der Waals surface area contributed by atoms with Gasteiger partial charge in [-0.2, -0.15) is 0 Å². The molecule has 1 aliphatic rings. The molecule has 0 aliphatic carbocycles. The standard InChI is InChI=1S/C17H26N4O2.ClH/c1-13(2)16(22)20-15-5-3-14(4-6-15)17(23)19-9-12-21-10-7-18-8-11-21;/h3-6,13,18H,7-12H2,1-2H3,(H,19,23)(H,20,22);1H. The number of nitrogens with one attached hydrogen (secondary N) is 3. The van der Waals surface area contributed by atoms with Crippen molar-refractivity contribution < 1.29 is 9.59 Å². The third kappa shape index (κ3) is 6.47. The van der Waals surface area contributed by atoms with Gasteiger partial charge in [-0.3, -0.25) is 14.5 Å². The number of carbonyl (C=O) groups is 2. The van der Waals surface area contributed by atoms with E-state index in [1.807, 2.05) is 13.8 Å². The molecule has 6 nitrogen and oxygen atoms in total. The van der Waals surface area contributed by atoms with Crippen LogP contribution in [0.5, 0.6) is 0 Å². The van der Waals surface area contributed by atoms with Crippen LogP contribution >= 0.6 is 12.4 Å². The number of benzene rings is 1. The zero-order valence-electron chi connectivity index (χ0n) is 14.3. The average Bonchev–Trinajstić information content (AvgIpc) is 2.56. The molecular formula is C17H27ClN4O2. The summed E-state index contributed by atoms with van der Waals surface area (Å²) < 4.78 is 0. The maximum Gasteiger partial charge on any atom is 0.251 e. The predicted octanol–water partition coefficient (Wildman–Crippen LogP) is 1.34. The molecule has 0 bridgehead atoms. The van der Waals surface area contributed by atoms with Crippen molar-refractivity contribution in [1.29, 1.82) is 0 Å². The van der Waals surface area contributed by atoms with Crippen molar-refractivity contribution in [2.45, 2.75) is 13.8 Å². The minimum atomic E-state index is -0.0816. The topological polar surface area (TPSA) is 73.5 Å². The van der Waals surface area contributed by atoms with E-state index in [9.17, 15) is 9.59 Å². The average molecular weight is 355 g/mol. The van der Waals surface area contributed by atoms with Crippen molar-refractivity contribution in [2.75, 3.05) is 44.6 Å². The second-order valence-corrected chi connectivity index (χ2v) is 6.07. The summed E-state index contributed by atoms with van der Waals surface area (Å²) >= 11 is 0. The summed E-state index contributed by atoms with van der Waals surface area (Å²) in [6.07, 6.45) is 0. The fourth-order valence-electron chi connectivity index (χ4n) is 2.36. The van der Waals surface area contributed by atoms with Crippen molar-refractivity contribution >= 4 is 29.9 Å². The lowest BCUT2D eigenvalue weighted by Gasteiger charge is -2.27.